The Hall–Kier alpha value is -2.33. The molecule has 0 rings (SSSR count). The van der Waals surface area contributed by atoms with Gasteiger partial charge in [0.1, 0.15) is 12.6 Å². The zero-order chi connectivity index (χ0) is 36.7. The molecule has 0 saturated carbocycles. The number of ether oxygens (including phenoxy) is 2. The second-order valence-electron chi connectivity index (χ2n) is 10.7. The fraction of sp³-hybridized carbons (Fsp3) is 0.641. The zero-order valence-corrected chi connectivity index (χ0v) is 28.3. The van der Waals surface area contributed by atoms with Gasteiger partial charge in [0.05, 0.1) is 9.94 Å². The van der Waals surface area contributed by atoms with Gasteiger partial charge in [-0.3, -0.25) is 9.59 Å². The summed E-state index contributed by atoms with van der Waals surface area (Å²) in [6, 6.07) is 0. The lowest BCUT2D eigenvalue weighted by atomic mass is 10.1. The van der Waals surface area contributed by atoms with E-state index in [9.17, 15) is 9.59 Å². The summed E-state index contributed by atoms with van der Waals surface area (Å²) in [4.78, 5) is 24.9. The van der Waals surface area contributed by atoms with Gasteiger partial charge in [0.25, 0.3) is 0 Å². The van der Waals surface area contributed by atoms with E-state index in [1.54, 1.807) is 0 Å². The molecule has 5 heteroatoms. The Bertz CT molecular complexity index is 1050. The monoisotopic (exact) mass is 635 g/mol. The van der Waals surface area contributed by atoms with Crippen molar-refractivity contribution in [1.82, 2.24) is 0 Å². The van der Waals surface area contributed by atoms with E-state index in [4.69, 9.17) is 27.9 Å². The highest BCUT2D eigenvalue weighted by Gasteiger charge is 2.16. The first kappa shape index (κ1) is 33.0. The van der Waals surface area contributed by atoms with Crippen molar-refractivity contribution in [2.45, 2.75) is 148 Å². The molecule has 0 amide bonds. The van der Waals surface area contributed by atoms with Gasteiger partial charge in [0, 0.05) is 15.6 Å². The van der Waals surface area contributed by atoms with Crippen LogP contribution in [0.15, 0.2) is 72.9 Å². The van der Waals surface area contributed by atoms with Crippen LogP contribution in [0.3, 0.4) is 0 Å². The van der Waals surface area contributed by atoms with Crippen molar-refractivity contribution in [3.05, 3.63) is 72.9 Å². The molecule has 0 N–H and O–H groups in total. The number of hydrogen-bond donors (Lipinski definition) is 0. The van der Waals surface area contributed by atoms with Gasteiger partial charge in [-0.2, -0.15) is 0 Å². The van der Waals surface area contributed by atoms with Crippen LogP contribution in [0.1, 0.15) is 149 Å². The fourth-order valence-electron chi connectivity index (χ4n) is 4.16. The van der Waals surface area contributed by atoms with E-state index in [1.165, 1.54) is 0 Å². The summed E-state index contributed by atoms with van der Waals surface area (Å²) in [5.74, 6) is -5.06. The maximum atomic E-state index is 12.5. The van der Waals surface area contributed by atoms with E-state index in [1.807, 2.05) is 0 Å². The molecule has 0 aliphatic rings. The van der Waals surface area contributed by atoms with Gasteiger partial charge in [-0.1, -0.05) is 125 Å². The Morgan fingerprint density at radius 1 is 0.591 bits per heavy atom. The summed E-state index contributed by atoms with van der Waals surface area (Å²) in [6.07, 6.45) is 38.6. The normalized spacial score (nSPS) is 16.1. The van der Waals surface area contributed by atoms with Gasteiger partial charge in [0.2, 0.25) is 0 Å². The van der Waals surface area contributed by atoms with Crippen LogP contribution in [0.25, 0.3) is 0 Å². The standard InChI is InChI=1S/C39H63ClO4/c1-3-5-7-9-11-13-15-17-19-21-23-25-27-29-31-33-38(41)43-36-37(35-40)44-39(42)34-32-30-28-26-24-22-20-18-16-14-12-10-8-6-4-2/h5-8,11-14,17-20,37H,3-4,9-10,15-16,21-36H2,1-2H3/b7-5-,8-6-,13-11-,14-12-,19-17-,20-18-/t37-/m0/s1/i35D2,36D2,37D. The lowest BCUT2D eigenvalue weighted by Gasteiger charge is -2.15. The summed E-state index contributed by atoms with van der Waals surface area (Å²) in [5.41, 5.74) is 0. The van der Waals surface area contributed by atoms with Crippen molar-refractivity contribution in [3.63, 3.8) is 0 Å². The Kier molecular flexibility index (Phi) is 26.4. The Balaban J connectivity index is 4.33. The lowest BCUT2D eigenvalue weighted by Crippen LogP contribution is -2.26. The lowest BCUT2D eigenvalue weighted by molar-refractivity contribution is -0.157. The molecule has 4 nitrogen and oxygen atoms in total. The van der Waals surface area contributed by atoms with Crippen LogP contribution in [0.2, 0.25) is 0 Å². The van der Waals surface area contributed by atoms with Crippen LogP contribution in [-0.4, -0.2) is 30.4 Å². The molecule has 0 fully saturated rings. The molecule has 0 unspecified atom stereocenters. The smallest absolute Gasteiger partial charge is 0.306 e. The summed E-state index contributed by atoms with van der Waals surface area (Å²) in [5, 5.41) is 0. The molecular formula is C39H63ClO4. The average molecular weight is 636 g/mol. The summed E-state index contributed by atoms with van der Waals surface area (Å²) in [7, 11) is 0. The van der Waals surface area contributed by atoms with Gasteiger partial charge in [-0.25, -0.2) is 0 Å². The quantitative estimate of drug-likeness (QED) is 0.0341. The maximum Gasteiger partial charge on any atom is 0.306 e. The van der Waals surface area contributed by atoms with E-state index in [0.717, 1.165) is 103 Å². The highest BCUT2D eigenvalue weighted by molar-refractivity contribution is 6.18. The van der Waals surface area contributed by atoms with E-state index in [-0.39, 0.29) is 12.8 Å². The van der Waals surface area contributed by atoms with Crippen LogP contribution in [0.5, 0.6) is 0 Å². The molecule has 0 aromatic carbocycles. The molecule has 0 spiro atoms. The topological polar surface area (TPSA) is 52.6 Å². The molecule has 0 radical (unpaired) electrons. The highest BCUT2D eigenvalue weighted by Crippen LogP contribution is 2.11. The summed E-state index contributed by atoms with van der Waals surface area (Å²) >= 11 is 5.71. The third-order valence-electron chi connectivity index (χ3n) is 6.62. The minimum atomic E-state index is -3.30. The summed E-state index contributed by atoms with van der Waals surface area (Å²) in [6.45, 7) is 0.941. The summed E-state index contributed by atoms with van der Waals surface area (Å²) < 4.78 is 50.1. The maximum absolute atomic E-state index is 12.5. The van der Waals surface area contributed by atoms with E-state index < -0.39 is 30.4 Å². The third kappa shape index (κ3) is 32.6. The fourth-order valence-corrected chi connectivity index (χ4v) is 4.23. The molecule has 0 aromatic rings. The van der Waals surface area contributed by atoms with Crippen LogP contribution in [0, 0.1) is 0 Å². The van der Waals surface area contributed by atoms with Gasteiger partial charge in [-0.05, 0) is 77.0 Å². The minimum Gasteiger partial charge on any atom is -0.462 e. The van der Waals surface area contributed by atoms with Crippen molar-refractivity contribution >= 4 is 23.5 Å². The van der Waals surface area contributed by atoms with Gasteiger partial charge in [0.15, 0.2) is 0 Å². The van der Waals surface area contributed by atoms with Crippen LogP contribution in [-0.2, 0) is 19.1 Å². The van der Waals surface area contributed by atoms with Crippen LogP contribution < -0.4 is 0 Å². The van der Waals surface area contributed by atoms with E-state index in [0.29, 0.717) is 12.8 Å². The Morgan fingerprint density at radius 3 is 1.43 bits per heavy atom. The van der Waals surface area contributed by atoms with Crippen LogP contribution >= 0.6 is 11.6 Å². The first-order valence-electron chi connectivity index (χ1n) is 19.4. The zero-order valence-electron chi connectivity index (χ0n) is 32.6. The van der Waals surface area contributed by atoms with Crippen molar-refractivity contribution in [2.24, 2.45) is 0 Å². The molecule has 0 heterocycles. The number of unbranched alkanes of at least 4 members (excludes halogenated alkanes) is 10. The van der Waals surface area contributed by atoms with Gasteiger partial charge in [-0.15, -0.1) is 11.6 Å². The number of carbonyl (C=O) groups is 2. The second-order valence-corrected chi connectivity index (χ2v) is 10.9. The second kappa shape index (κ2) is 35.2. The molecule has 0 bridgehead atoms. The van der Waals surface area contributed by atoms with Crippen molar-refractivity contribution in [3.8, 4) is 0 Å². The molecule has 0 aliphatic heterocycles. The van der Waals surface area contributed by atoms with E-state index >= 15 is 0 Å². The Labute approximate surface area is 282 Å². The molecule has 44 heavy (non-hydrogen) atoms. The Morgan fingerprint density at radius 2 is 0.977 bits per heavy atom. The minimum absolute atomic E-state index is 0.0989. The molecule has 1 atom stereocenters. The number of alkyl halides is 1. The largest absolute Gasteiger partial charge is 0.462 e. The third-order valence-corrected chi connectivity index (χ3v) is 6.79. The molecular weight excluding hydrogens is 568 g/mol. The number of esters is 2. The number of halogens is 1. The molecule has 0 aromatic heterocycles. The van der Waals surface area contributed by atoms with Crippen molar-refractivity contribution in [1.29, 1.82) is 0 Å². The predicted molar refractivity (Wildman–Crippen MR) is 190 cm³/mol. The first-order valence-corrected chi connectivity index (χ1v) is 17.3. The molecule has 0 saturated heterocycles. The van der Waals surface area contributed by atoms with E-state index in [2.05, 4.69) is 86.8 Å². The first-order chi connectivity index (χ1) is 23.4. The highest BCUT2D eigenvalue weighted by atomic mass is 35.5. The van der Waals surface area contributed by atoms with Crippen LogP contribution in [0.4, 0.5) is 0 Å². The molecule has 0 aliphatic carbocycles. The van der Waals surface area contributed by atoms with Crippen molar-refractivity contribution in [2.75, 3.05) is 12.4 Å². The number of carbonyl (C=O) groups excluding carboxylic acids is 2. The number of rotatable bonds is 30. The number of hydrogen-bond acceptors (Lipinski definition) is 4. The number of allylic oxidation sites excluding steroid dienone is 12. The van der Waals surface area contributed by atoms with Gasteiger partial charge >= 0.3 is 11.9 Å². The van der Waals surface area contributed by atoms with Gasteiger partial charge < -0.3 is 9.47 Å². The predicted octanol–water partition coefficient (Wildman–Crippen LogP) is 11.9. The van der Waals surface area contributed by atoms with Crippen molar-refractivity contribution < 1.29 is 25.9 Å². The average Bonchev–Trinajstić information content (AvgIpc) is 3.03. The SMILES string of the molecule is [2H]C([2H])(Cl)[C@]([2H])(OC(=O)CCCCCCC/C=C\C/C=C\C/C=C\CC)C([2H])([2H])OC(=O)CCCCCCC/C=C\C/C=C\C/C=C\CC. The molecule has 250 valence electrons.